The van der Waals surface area contributed by atoms with Crippen LogP contribution in [-0.2, 0) is 16.3 Å². The Labute approximate surface area is 65.8 Å². The van der Waals surface area contributed by atoms with Gasteiger partial charge in [0.1, 0.15) is 0 Å². The van der Waals surface area contributed by atoms with Crippen molar-refractivity contribution in [3.8, 4) is 0 Å². The molecule has 0 aromatic heterocycles. The summed E-state index contributed by atoms with van der Waals surface area (Å²) in [4.78, 5) is 0.472. The van der Waals surface area contributed by atoms with Crippen LogP contribution in [0.2, 0.25) is 0 Å². The number of benzene rings is 1. The molecule has 0 atom stereocenters. The molecule has 0 bridgehead atoms. The van der Waals surface area contributed by atoms with Crippen LogP contribution in [0.3, 0.4) is 0 Å². The van der Waals surface area contributed by atoms with E-state index in [-0.39, 0.29) is 0 Å². The summed E-state index contributed by atoms with van der Waals surface area (Å²) in [5.74, 6) is 1.36. The molecule has 0 N–H and O–H groups in total. The molecule has 0 amide bonds. The molecule has 2 nitrogen and oxygen atoms in total. The quantitative estimate of drug-likeness (QED) is 0.581. The Morgan fingerprint density at radius 1 is 1.18 bits per heavy atom. The van der Waals surface area contributed by atoms with E-state index >= 15 is 0 Å². The molecule has 1 aromatic rings. The van der Waals surface area contributed by atoms with Crippen molar-refractivity contribution in [1.82, 2.24) is 0 Å². The fourth-order valence-electron chi connectivity index (χ4n) is 1.24. The van der Waals surface area contributed by atoms with Crippen molar-refractivity contribution in [2.24, 2.45) is 0 Å². The normalized spacial score (nSPS) is 19.6. The van der Waals surface area contributed by atoms with Crippen LogP contribution in [0.15, 0.2) is 29.2 Å². The van der Waals surface area contributed by atoms with Crippen LogP contribution in [0.4, 0.5) is 0 Å². The monoisotopic (exact) mass is 167 g/mol. The van der Waals surface area contributed by atoms with Gasteiger partial charge in [-0.2, -0.15) is 0 Å². The molecular weight excluding hydrogens is 160 g/mol. The molecule has 1 radical (unpaired) electrons. The number of sulfone groups is 1. The topological polar surface area (TPSA) is 34.1 Å². The Hall–Kier alpha value is -0.830. The van der Waals surface area contributed by atoms with Gasteiger partial charge in [-0.05, 0) is 18.1 Å². The largest absolute Gasteiger partial charge is 0.223 e. The fraction of sp³-hybridized carbons (Fsp3) is 0.125. The van der Waals surface area contributed by atoms with Crippen LogP contribution >= 0.6 is 0 Å². The number of rotatable bonds is 0. The average Bonchev–Trinajstić information content (AvgIpc) is 2.29. The Morgan fingerprint density at radius 2 is 1.91 bits per heavy atom. The number of fused-ring (bicyclic) bond motifs is 1. The van der Waals surface area contributed by atoms with E-state index in [9.17, 15) is 8.42 Å². The molecule has 1 aliphatic rings. The molecule has 0 unspecified atom stereocenters. The molecule has 57 valence electrons. The first-order valence-corrected chi connectivity index (χ1v) is 4.91. The Balaban J connectivity index is 2.75. The lowest BCUT2D eigenvalue weighted by molar-refractivity contribution is 0.603. The Kier molecular flexibility index (Phi) is 1.29. The molecule has 2 rings (SSSR count). The molecule has 1 aliphatic heterocycles. The molecule has 1 aromatic carbocycles. The zero-order valence-electron chi connectivity index (χ0n) is 5.82. The van der Waals surface area contributed by atoms with Gasteiger partial charge < -0.3 is 0 Å². The summed E-state index contributed by atoms with van der Waals surface area (Å²) in [6.07, 6.45) is 0.554. The highest BCUT2D eigenvalue weighted by atomic mass is 32.2. The molecule has 1 heterocycles. The van der Waals surface area contributed by atoms with Crippen LogP contribution in [0.25, 0.3) is 0 Å². The fourth-order valence-corrected chi connectivity index (χ4v) is 2.60. The molecule has 0 spiro atoms. The second-order valence-electron chi connectivity index (χ2n) is 2.52. The van der Waals surface area contributed by atoms with E-state index in [4.69, 9.17) is 0 Å². The zero-order chi connectivity index (χ0) is 7.90. The standard InChI is InChI=1S/C8H7O2S/c9-11(10)6-5-7-3-1-2-4-8(7)11/h1-4,6H,5H2. The average molecular weight is 167 g/mol. The molecular formula is C8H7O2S. The van der Waals surface area contributed by atoms with Gasteiger partial charge in [0.2, 0.25) is 0 Å². The molecule has 0 aliphatic carbocycles. The van der Waals surface area contributed by atoms with Crippen molar-refractivity contribution in [1.29, 1.82) is 0 Å². The maximum absolute atomic E-state index is 11.2. The first-order chi connectivity index (χ1) is 5.20. The van der Waals surface area contributed by atoms with Gasteiger partial charge in [0.15, 0.2) is 9.84 Å². The van der Waals surface area contributed by atoms with Crippen LogP contribution in [-0.4, -0.2) is 8.42 Å². The summed E-state index contributed by atoms with van der Waals surface area (Å²) in [6, 6.07) is 7.09. The molecule has 0 fully saturated rings. The van der Waals surface area contributed by atoms with E-state index in [1.165, 1.54) is 5.75 Å². The van der Waals surface area contributed by atoms with Crippen molar-refractivity contribution in [3.05, 3.63) is 35.6 Å². The van der Waals surface area contributed by atoms with Crippen LogP contribution in [0.1, 0.15) is 5.56 Å². The predicted octanol–water partition coefficient (Wildman–Crippen LogP) is 1.18. The van der Waals surface area contributed by atoms with Gasteiger partial charge in [0.05, 0.1) is 10.6 Å². The SMILES string of the molecule is O=S1(=O)[CH]Cc2ccccc21. The van der Waals surface area contributed by atoms with E-state index in [0.29, 0.717) is 11.3 Å². The van der Waals surface area contributed by atoms with Crippen LogP contribution < -0.4 is 0 Å². The first kappa shape index (κ1) is 6.85. The van der Waals surface area contributed by atoms with Crippen LogP contribution in [0, 0.1) is 5.75 Å². The predicted molar refractivity (Wildman–Crippen MR) is 41.6 cm³/mol. The zero-order valence-corrected chi connectivity index (χ0v) is 6.64. The Morgan fingerprint density at radius 3 is 2.64 bits per heavy atom. The van der Waals surface area contributed by atoms with Crippen molar-refractivity contribution < 1.29 is 8.42 Å². The first-order valence-electron chi connectivity index (χ1n) is 3.36. The molecule has 11 heavy (non-hydrogen) atoms. The van der Waals surface area contributed by atoms with Crippen molar-refractivity contribution in [3.63, 3.8) is 0 Å². The lowest BCUT2D eigenvalue weighted by atomic mass is 10.2. The second kappa shape index (κ2) is 2.08. The Bertz CT molecular complexity index is 379. The summed E-state index contributed by atoms with van der Waals surface area (Å²) >= 11 is 0. The van der Waals surface area contributed by atoms with E-state index in [2.05, 4.69) is 0 Å². The third-order valence-electron chi connectivity index (χ3n) is 1.80. The van der Waals surface area contributed by atoms with Gasteiger partial charge in [0.25, 0.3) is 0 Å². The lowest BCUT2D eigenvalue weighted by Crippen LogP contribution is -1.92. The summed E-state index contributed by atoms with van der Waals surface area (Å²) in [5, 5.41) is 0. The van der Waals surface area contributed by atoms with Crippen molar-refractivity contribution in [2.45, 2.75) is 11.3 Å². The van der Waals surface area contributed by atoms with Gasteiger partial charge in [0, 0.05) is 0 Å². The summed E-state index contributed by atoms with van der Waals surface area (Å²) in [5.41, 5.74) is 0.910. The van der Waals surface area contributed by atoms with Crippen molar-refractivity contribution in [2.75, 3.05) is 0 Å². The summed E-state index contributed by atoms with van der Waals surface area (Å²) < 4.78 is 22.4. The third-order valence-corrected chi connectivity index (χ3v) is 3.42. The van der Waals surface area contributed by atoms with Gasteiger partial charge in [-0.3, -0.25) is 0 Å². The lowest BCUT2D eigenvalue weighted by Gasteiger charge is -1.93. The minimum atomic E-state index is -3.03. The summed E-state index contributed by atoms with van der Waals surface area (Å²) in [7, 11) is -3.03. The maximum Gasteiger partial charge on any atom is 0.183 e. The van der Waals surface area contributed by atoms with Gasteiger partial charge >= 0.3 is 0 Å². The van der Waals surface area contributed by atoms with E-state index < -0.39 is 9.84 Å². The van der Waals surface area contributed by atoms with E-state index in [0.717, 1.165) is 5.56 Å². The van der Waals surface area contributed by atoms with Crippen LogP contribution in [0.5, 0.6) is 0 Å². The van der Waals surface area contributed by atoms with Gasteiger partial charge in [-0.25, -0.2) is 8.42 Å². The van der Waals surface area contributed by atoms with Gasteiger partial charge in [-0.15, -0.1) is 0 Å². The van der Waals surface area contributed by atoms with Crippen molar-refractivity contribution >= 4 is 9.84 Å². The highest BCUT2D eigenvalue weighted by Crippen LogP contribution is 2.27. The minimum Gasteiger partial charge on any atom is -0.223 e. The molecule has 0 saturated heterocycles. The highest BCUT2D eigenvalue weighted by Gasteiger charge is 2.25. The molecule has 0 saturated carbocycles. The number of hydrogen-bond donors (Lipinski definition) is 0. The summed E-state index contributed by atoms with van der Waals surface area (Å²) in [6.45, 7) is 0. The smallest absolute Gasteiger partial charge is 0.183 e. The van der Waals surface area contributed by atoms with E-state index in [1.54, 1.807) is 12.1 Å². The third kappa shape index (κ3) is 0.959. The highest BCUT2D eigenvalue weighted by molar-refractivity contribution is 7.93. The number of hydrogen-bond acceptors (Lipinski definition) is 2. The van der Waals surface area contributed by atoms with E-state index in [1.807, 2.05) is 12.1 Å². The minimum absolute atomic E-state index is 0.472. The second-order valence-corrected chi connectivity index (χ2v) is 4.39. The maximum atomic E-state index is 11.2. The van der Waals surface area contributed by atoms with Gasteiger partial charge in [-0.1, -0.05) is 18.2 Å². The molecule has 3 heteroatoms.